The molecular weight excluding hydrogens is 540 g/mol. The van der Waals surface area contributed by atoms with Crippen molar-refractivity contribution in [3.8, 4) is 0 Å². The lowest BCUT2D eigenvalue weighted by Gasteiger charge is -2.39. The van der Waals surface area contributed by atoms with Gasteiger partial charge in [0, 0.05) is 25.8 Å². The van der Waals surface area contributed by atoms with E-state index in [0.717, 1.165) is 4.90 Å². The van der Waals surface area contributed by atoms with Crippen molar-refractivity contribution in [1.82, 2.24) is 20.6 Å². The normalized spacial score (nSPS) is 18.8. The molecule has 2 heterocycles. The van der Waals surface area contributed by atoms with Gasteiger partial charge in [0.15, 0.2) is 5.41 Å². The fourth-order valence-electron chi connectivity index (χ4n) is 4.47. The first-order valence-electron chi connectivity index (χ1n) is 13.3. The Hall–Kier alpha value is -4.62. The van der Waals surface area contributed by atoms with E-state index in [1.807, 2.05) is 0 Å². The first kappa shape index (κ1) is 30.9. The van der Waals surface area contributed by atoms with Crippen molar-refractivity contribution < 1.29 is 47.9 Å². The molecule has 14 heteroatoms. The fraction of sp³-hybridized carbons (Fsp3) is 0.481. The second-order valence-electron chi connectivity index (χ2n) is 9.41. The van der Waals surface area contributed by atoms with Crippen LogP contribution in [0.1, 0.15) is 63.9 Å². The molecule has 3 rings (SSSR count). The number of unbranched alkanes of at least 4 members (excludes halogenated alkanes) is 1. The summed E-state index contributed by atoms with van der Waals surface area (Å²) < 4.78 is 4.93. The molecule has 1 atom stereocenters. The van der Waals surface area contributed by atoms with Crippen molar-refractivity contribution in [2.24, 2.45) is 0 Å². The number of carbonyl (C=O) groups excluding carboxylic acids is 8. The summed E-state index contributed by atoms with van der Waals surface area (Å²) >= 11 is 0. The number of hydrogen-bond acceptors (Lipinski definition) is 10. The van der Waals surface area contributed by atoms with Crippen LogP contribution in [0.3, 0.4) is 0 Å². The average molecular weight is 573 g/mol. The van der Waals surface area contributed by atoms with Gasteiger partial charge in [-0.05, 0) is 24.8 Å². The summed E-state index contributed by atoms with van der Waals surface area (Å²) in [5.41, 5.74) is -1.01. The largest absolute Gasteiger partial charge is 0.464 e. The highest BCUT2D eigenvalue weighted by Gasteiger charge is 2.53. The molecule has 0 bridgehead atoms. The van der Waals surface area contributed by atoms with Gasteiger partial charge in [-0.1, -0.05) is 37.3 Å². The molecule has 0 radical (unpaired) electrons. The highest BCUT2D eigenvalue weighted by atomic mass is 16.7. The van der Waals surface area contributed by atoms with E-state index in [1.54, 1.807) is 37.3 Å². The number of amides is 7. The molecule has 1 aromatic carbocycles. The monoisotopic (exact) mass is 572 g/mol. The summed E-state index contributed by atoms with van der Waals surface area (Å²) in [6.07, 6.45) is 0.147. The van der Waals surface area contributed by atoms with Gasteiger partial charge in [-0.3, -0.25) is 39.0 Å². The Morgan fingerprint density at radius 1 is 0.927 bits per heavy atom. The number of benzene rings is 1. The maximum Gasteiger partial charge on any atom is 0.333 e. The first-order chi connectivity index (χ1) is 19.6. The van der Waals surface area contributed by atoms with Gasteiger partial charge >= 0.3 is 18.0 Å². The topological polar surface area (TPSA) is 186 Å². The van der Waals surface area contributed by atoms with Crippen molar-refractivity contribution in [1.29, 1.82) is 0 Å². The minimum atomic E-state index is -1.50. The summed E-state index contributed by atoms with van der Waals surface area (Å²) in [5, 5.41) is 5.25. The maximum atomic E-state index is 13.3. The number of imide groups is 3. The summed E-state index contributed by atoms with van der Waals surface area (Å²) in [4.78, 5) is 103. The third-order valence-electron chi connectivity index (χ3n) is 6.72. The Morgan fingerprint density at radius 2 is 1.59 bits per heavy atom. The van der Waals surface area contributed by atoms with Crippen molar-refractivity contribution in [3.63, 3.8) is 0 Å². The van der Waals surface area contributed by atoms with E-state index in [2.05, 4.69) is 15.5 Å². The van der Waals surface area contributed by atoms with Gasteiger partial charge in [0.25, 0.3) is 17.7 Å². The number of nitrogens with zero attached hydrogens (tertiary/aromatic N) is 2. The minimum absolute atomic E-state index is 0.0248. The molecule has 0 aliphatic carbocycles. The van der Waals surface area contributed by atoms with Crippen LogP contribution in [0.15, 0.2) is 30.3 Å². The third-order valence-corrected chi connectivity index (χ3v) is 6.72. The summed E-state index contributed by atoms with van der Waals surface area (Å²) in [5.74, 6) is -4.48. The molecule has 2 saturated heterocycles. The molecule has 1 aromatic rings. The summed E-state index contributed by atoms with van der Waals surface area (Å²) in [6.45, 7) is 1.62. The SMILES string of the molecule is CCC1(c2ccccc2)C(=O)NC(=O)N(CCCCC(=O)NCCOC(=O)CCC(=O)ON2C(=O)CCC2=O)C1=O. The lowest BCUT2D eigenvalue weighted by atomic mass is 9.74. The van der Waals surface area contributed by atoms with E-state index >= 15 is 0 Å². The smallest absolute Gasteiger partial charge is 0.333 e. The van der Waals surface area contributed by atoms with Gasteiger partial charge in [0.2, 0.25) is 11.8 Å². The van der Waals surface area contributed by atoms with E-state index in [0.29, 0.717) is 23.5 Å². The molecular formula is C27H32N4O10. The molecule has 41 heavy (non-hydrogen) atoms. The molecule has 1 unspecified atom stereocenters. The third kappa shape index (κ3) is 7.52. The van der Waals surface area contributed by atoms with Crippen molar-refractivity contribution >= 4 is 47.5 Å². The zero-order valence-corrected chi connectivity index (χ0v) is 22.6. The number of barbiturate groups is 1. The number of nitrogens with one attached hydrogen (secondary N) is 2. The van der Waals surface area contributed by atoms with Gasteiger partial charge in [-0.2, -0.15) is 0 Å². The second-order valence-corrected chi connectivity index (χ2v) is 9.41. The van der Waals surface area contributed by atoms with E-state index < -0.39 is 53.4 Å². The zero-order chi connectivity index (χ0) is 30.0. The van der Waals surface area contributed by atoms with Crippen LogP contribution in [-0.4, -0.2) is 77.2 Å². The number of hydrogen-bond donors (Lipinski definition) is 2. The predicted octanol–water partition coefficient (Wildman–Crippen LogP) is 0.630. The Morgan fingerprint density at radius 3 is 2.24 bits per heavy atom. The zero-order valence-electron chi connectivity index (χ0n) is 22.6. The van der Waals surface area contributed by atoms with Gasteiger partial charge in [0.05, 0.1) is 19.4 Å². The highest BCUT2D eigenvalue weighted by molar-refractivity contribution is 6.22. The molecule has 2 aliphatic heterocycles. The van der Waals surface area contributed by atoms with Gasteiger partial charge in [0.1, 0.15) is 6.61 Å². The van der Waals surface area contributed by atoms with Crippen LogP contribution in [0.2, 0.25) is 0 Å². The van der Waals surface area contributed by atoms with Crippen LogP contribution < -0.4 is 10.6 Å². The van der Waals surface area contributed by atoms with Crippen LogP contribution in [0, 0.1) is 0 Å². The van der Waals surface area contributed by atoms with Gasteiger partial charge in [-0.25, -0.2) is 9.59 Å². The molecule has 2 fully saturated rings. The van der Waals surface area contributed by atoms with Crippen LogP contribution in [0.25, 0.3) is 0 Å². The maximum absolute atomic E-state index is 13.3. The number of urea groups is 1. The van der Waals surface area contributed by atoms with Crippen LogP contribution in [-0.2, 0) is 48.6 Å². The molecule has 7 amide bonds. The lowest BCUT2D eigenvalue weighted by molar-refractivity contribution is -0.197. The fourth-order valence-corrected chi connectivity index (χ4v) is 4.47. The summed E-state index contributed by atoms with van der Waals surface area (Å²) in [7, 11) is 0. The molecule has 2 aliphatic rings. The Kier molecular flexibility index (Phi) is 10.7. The van der Waals surface area contributed by atoms with Crippen molar-refractivity contribution in [2.45, 2.75) is 63.7 Å². The van der Waals surface area contributed by atoms with Crippen LogP contribution in [0.4, 0.5) is 4.79 Å². The standard InChI is InChI=1S/C27H32N4O10/c1-2-27(18-8-4-3-5-9-18)24(37)29-26(39)30(25(27)38)16-7-6-10-19(32)28-15-17-40-22(35)13-14-23(36)41-31-20(33)11-12-21(31)34/h3-5,8-9H,2,6-7,10-17H2,1H3,(H,28,32)(H,29,37,39). The summed E-state index contributed by atoms with van der Waals surface area (Å²) in [6, 6.07) is 7.75. The number of esters is 1. The first-order valence-corrected chi connectivity index (χ1v) is 13.3. The number of ether oxygens (including phenoxy) is 1. The molecule has 0 aromatic heterocycles. The second kappa shape index (κ2) is 14.1. The molecule has 220 valence electrons. The van der Waals surface area contributed by atoms with E-state index in [1.165, 1.54) is 0 Å². The highest BCUT2D eigenvalue weighted by Crippen LogP contribution is 2.33. The lowest BCUT2D eigenvalue weighted by Crippen LogP contribution is -2.65. The van der Waals surface area contributed by atoms with Crippen molar-refractivity contribution in [2.75, 3.05) is 19.7 Å². The number of hydroxylamine groups is 2. The molecule has 0 saturated carbocycles. The van der Waals surface area contributed by atoms with Crippen LogP contribution >= 0.6 is 0 Å². The minimum Gasteiger partial charge on any atom is -0.464 e. The van der Waals surface area contributed by atoms with Crippen LogP contribution in [0.5, 0.6) is 0 Å². The number of rotatable bonds is 14. The van der Waals surface area contributed by atoms with Crippen molar-refractivity contribution in [3.05, 3.63) is 35.9 Å². The predicted molar refractivity (Wildman–Crippen MR) is 138 cm³/mol. The van der Waals surface area contributed by atoms with E-state index in [4.69, 9.17) is 4.74 Å². The van der Waals surface area contributed by atoms with E-state index in [9.17, 15) is 38.4 Å². The Balaban J connectivity index is 1.32. The van der Waals surface area contributed by atoms with Gasteiger partial charge in [-0.15, -0.1) is 5.06 Å². The molecule has 14 nitrogen and oxygen atoms in total. The Labute approximate surface area is 235 Å². The van der Waals surface area contributed by atoms with E-state index in [-0.39, 0.29) is 57.7 Å². The van der Waals surface area contributed by atoms with Gasteiger partial charge < -0.3 is 14.9 Å². The molecule has 0 spiro atoms. The Bertz CT molecular complexity index is 1200. The average Bonchev–Trinajstić information content (AvgIpc) is 3.26. The number of carbonyl (C=O) groups is 8. The molecule has 2 N–H and O–H groups in total. The quantitative estimate of drug-likeness (QED) is 0.139.